The standard InChI is InChI=1S/C23H24N2O5S/c1-29-22-10-6-9-19(15-22)24-23(26)16-25(31(2,27)28)20-11-13-21(14-12-20)30-17-18-7-4-3-5-8-18/h3-15H,16-17H2,1-2H3,(H,24,26). The second kappa shape index (κ2) is 9.99. The summed E-state index contributed by atoms with van der Waals surface area (Å²) in [4.78, 5) is 12.5. The minimum absolute atomic E-state index is 0.361. The number of nitrogens with one attached hydrogen (secondary N) is 1. The first kappa shape index (κ1) is 22.2. The molecule has 0 fully saturated rings. The lowest BCUT2D eigenvalue weighted by Crippen LogP contribution is -2.37. The second-order valence-corrected chi connectivity index (χ2v) is 8.72. The highest BCUT2D eigenvalue weighted by Crippen LogP contribution is 2.23. The van der Waals surface area contributed by atoms with Gasteiger partial charge in [0, 0.05) is 11.8 Å². The van der Waals surface area contributed by atoms with Crippen molar-refractivity contribution in [3.63, 3.8) is 0 Å². The molecule has 0 saturated heterocycles. The molecule has 0 aliphatic heterocycles. The molecule has 3 aromatic carbocycles. The summed E-state index contributed by atoms with van der Waals surface area (Å²) in [6.45, 7) is 0.0409. The van der Waals surface area contributed by atoms with Crippen LogP contribution in [0.1, 0.15) is 5.56 Å². The molecule has 7 nitrogen and oxygen atoms in total. The Morgan fingerprint density at radius 3 is 2.29 bits per heavy atom. The predicted molar refractivity (Wildman–Crippen MR) is 121 cm³/mol. The summed E-state index contributed by atoms with van der Waals surface area (Å²) >= 11 is 0. The van der Waals surface area contributed by atoms with E-state index in [0.717, 1.165) is 16.1 Å². The topological polar surface area (TPSA) is 84.9 Å². The molecule has 31 heavy (non-hydrogen) atoms. The molecule has 0 radical (unpaired) electrons. The van der Waals surface area contributed by atoms with Crippen LogP contribution in [0.4, 0.5) is 11.4 Å². The molecule has 0 unspecified atom stereocenters. The van der Waals surface area contributed by atoms with E-state index >= 15 is 0 Å². The Kier molecular flexibility index (Phi) is 7.15. The molecule has 0 aliphatic rings. The number of nitrogens with zero attached hydrogens (tertiary/aromatic N) is 1. The van der Waals surface area contributed by atoms with E-state index < -0.39 is 15.9 Å². The van der Waals surface area contributed by atoms with Crippen LogP contribution in [-0.2, 0) is 21.4 Å². The largest absolute Gasteiger partial charge is 0.497 e. The molecule has 0 aromatic heterocycles. The number of methoxy groups -OCH3 is 1. The fraction of sp³-hybridized carbons (Fsp3) is 0.174. The van der Waals surface area contributed by atoms with Gasteiger partial charge in [-0.15, -0.1) is 0 Å². The molecule has 1 amide bonds. The molecule has 0 atom stereocenters. The van der Waals surface area contributed by atoms with Crippen molar-refractivity contribution in [3.05, 3.63) is 84.4 Å². The molecule has 8 heteroatoms. The fourth-order valence-electron chi connectivity index (χ4n) is 2.88. The third kappa shape index (κ3) is 6.48. The Morgan fingerprint density at radius 1 is 0.935 bits per heavy atom. The van der Waals surface area contributed by atoms with Crippen molar-refractivity contribution in [2.45, 2.75) is 6.61 Å². The number of benzene rings is 3. The lowest BCUT2D eigenvalue weighted by atomic mass is 10.2. The van der Waals surface area contributed by atoms with Gasteiger partial charge in [0.15, 0.2) is 0 Å². The minimum atomic E-state index is -3.68. The summed E-state index contributed by atoms with van der Waals surface area (Å²) in [5.41, 5.74) is 1.91. The predicted octanol–water partition coefficient (Wildman–Crippen LogP) is 3.68. The maximum atomic E-state index is 12.5. The monoisotopic (exact) mass is 440 g/mol. The third-order valence-corrected chi connectivity index (χ3v) is 5.55. The number of ether oxygens (including phenoxy) is 2. The van der Waals surface area contributed by atoms with Crippen LogP contribution in [0, 0.1) is 0 Å². The van der Waals surface area contributed by atoms with E-state index in [1.54, 1.807) is 48.5 Å². The van der Waals surface area contributed by atoms with Crippen LogP contribution >= 0.6 is 0 Å². The molecule has 3 rings (SSSR count). The van der Waals surface area contributed by atoms with Gasteiger partial charge in [0.2, 0.25) is 15.9 Å². The maximum absolute atomic E-state index is 12.5. The molecular weight excluding hydrogens is 416 g/mol. The number of sulfonamides is 1. The zero-order chi connectivity index (χ0) is 22.3. The average molecular weight is 441 g/mol. The van der Waals surface area contributed by atoms with Gasteiger partial charge in [-0.2, -0.15) is 0 Å². The van der Waals surface area contributed by atoms with Gasteiger partial charge in [-0.05, 0) is 42.0 Å². The average Bonchev–Trinajstić information content (AvgIpc) is 2.76. The zero-order valence-corrected chi connectivity index (χ0v) is 18.1. The van der Waals surface area contributed by atoms with Crippen molar-refractivity contribution in [2.75, 3.05) is 29.5 Å². The number of hydrogen-bond donors (Lipinski definition) is 1. The van der Waals surface area contributed by atoms with Crippen molar-refractivity contribution in [2.24, 2.45) is 0 Å². The molecular formula is C23H24N2O5S. The Morgan fingerprint density at radius 2 is 1.65 bits per heavy atom. The SMILES string of the molecule is COc1cccc(NC(=O)CN(c2ccc(OCc3ccccc3)cc2)S(C)(=O)=O)c1. The summed E-state index contributed by atoms with van der Waals surface area (Å²) in [5.74, 6) is 0.717. The molecule has 0 aliphatic carbocycles. The summed E-state index contributed by atoms with van der Waals surface area (Å²) in [7, 11) is -2.15. The molecule has 1 N–H and O–H groups in total. The number of rotatable bonds is 9. The Bertz CT molecular complexity index is 1120. The van der Waals surface area contributed by atoms with Crippen LogP contribution < -0.4 is 19.1 Å². The van der Waals surface area contributed by atoms with E-state index in [1.165, 1.54) is 7.11 Å². The minimum Gasteiger partial charge on any atom is -0.497 e. The van der Waals surface area contributed by atoms with Gasteiger partial charge >= 0.3 is 0 Å². The van der Waals surface area contributed by atoms with Gasteiger partial charge in [0.05, 0.1) is 19.1 Å². The van der Waals surface area contributed by atoms with Gasteiger partial charge in [-0.25, -0.2) is 8.42 Å². The van der Waals surface area contributed by atoms with Crippen molar-refractivity contribution >= 4 is 27.3 Å². The fourth-order valence-corrected chi connectivity index (χ4v) is 3.74. The van der Waals surface area contributed by atoms with Crippen molar-refractivity contribution in [1.82, 2.24) is 0 Å². The van der Waals surface area contributed by atoms with E-state index in [0.29, 0.717) is 29.5 Å². The van der Waals surface area contributed by atoms with E-state index in [9.17, 15) is 13.2 Å². The molecule has 3 aromatic rings. The number of carbonyl (C=O) groups excluding carboxylic acids is 1. The lowest BCUT2D eigenvalue weighted by Gasteiger charge is -2.22. The number of carbonyl (C=O) groups is 1. The summed E-state index contributed by atoms with van der Waals surface area (Å²) < 4.78 is 36.5. The Hall–Kier alpha value is -3.52. The van der Waals surface area contributed by atoms with Gasteiger partial charge in [0.1, 0.15) is 24.7 Å². The third-order valence-electron chi connectivity index (χ3n) is 4.41. The summed E-state index contributed by atoms with van der Waals surface area (Å²) in [6.07, 6.45) is 1.06. The van der Waals surface area contributed by atoms with Crippen molar-refractivity contribution in [1.29, 1.82) is 0 Å². The summed E-state index contributed by atoms with van der Waals surface area (Å²) in [5, 5.41) is 2.69. The molecule has 162 valence electrons. The van der Waals surface area contributed by atoms with Crippen LogP contribution in [0.15, 0.2) is 78.9 Å². The quantitative estimate of drug-likeness (QED) is 0.549. The molecule has 0 heterocycles. The van der Waals surface area contributed by atoms with E-state index in [4.69, 9.17) is 9.47 Å². The van der Waals surface area contributed by atoms with Crippen LogP contribution in [0.5, 0.6) is 11.5 Å². The van der Waals surface area contributed by atoms with Crippen LogP contribution in [0.2, 0.25) is 0 Å². The first-order chi connectivity index (χ1) is 14.8. The van der Waals surface area contributed by atoms with Crippen LogP contribution in [0.25, 0.3) is 0 Å². The first-order valence-corrected chi connectivity index (χ1v) is 11.4. The highest BCUT2D eigenvalue weighted by atomic mass is 32.2. The maximum Gasteiger partial charge on any atom is 0.245 e. The van der Waals surface area contributed by atoms with Crippen LogP contribution in [0.3, 0.4) is 0 Å². The van der Waals surface area contributed by atoms with E-state index in [2.05, 4.69) is 5.32 Å². The second-order valence-electron chi connectivity index (χ2n) is 6.82. The first-order valence-electron chi connectivity index (χ1n) is 9.53. The Labute approximate surface area is 182 Å². The Balaban J connectivity index is 1.68. The molecule has 0 saturated carbocycles. The number of anilines is 2. The van der Waals surface area contributed by atoms with E-state index in [-0.39, 0.29) is 6.54 Å². The van der Waals surface area contributed by atoms with Gasteiger partial charge in [0.25, 0.3) is 0 Å². The van der Waals surface area contributed by atoms with Gasteiger partial charge in [-0.1, -0.05) is 36.4 Å². The highest BCUT2D eigenvalue weighted by Gasteiger charge is 2.21. The van der Waals surface area contributed by atoms with Crippen molar-refractivity contribution in [3.8, 4) is 11.5 Å². The zero-order valence-electron chi connectivity index (χ0n) is 17.3. The highest BCUT2D eigenvalue weighted by molar-refractivity contribution is 7.92. The number of amides is 1. The van der Waals surface area contributed by atoms with Gasteiger partial charge < -0.3 is 14.8 Å². The molecule has 0 spiro atoms. The lowest BCUT2D eigenvalue weighted by molar-refractivity contribution is -0.114. The smallest absolute Gasteiger partial charge is 0.245 e. The van der Waals surface area contributed by atoms with Crippen molar-refractivity contribution < 1.29 is 22.7 Å². The van der Waals surface area contributed by atoms with E-state index in [1.807, 2.05) is 30.3 Å². The van der Waals surface area contributed by atoms with Crippen LogP contribution in [-0.4, -0.2) is 34.2 Å². The normalized spacial score (nSPS) is 10.9. The molecule has 0 bridgehead atoms. The number of hydrogen-bond acceptors (Lipinski definition) is 5. The summed E-state index contributed by atoms with van der Waals surface area (Å²) in [6, 6.07) is 23.1. The van der Waals surface area contributed by atoms with Gasteiger partial charge in [-0.3, -0.25) is 9.10 Å².